The van der Waals surface area contributed by atoms with Crippen molar-refractivity contribution >= 4 is 33.2 Å². The lowest BCUT2D eigenvalue weighted by molar-refractivity contribution is 0.0443. The number of carbonyl (C=O) groups is 1. The first-order chi connectivity index (χ1) is 8.17. The topological polar surface area (TPSA) is 38.3 Å². The summed E-state index contributed by atoms with van der Waals surface area (Å²) < 4.78 is 5.35. The molecule has 1 aliphatic heterocycles. The zero-order chi connectivity index (χ0) is 12.3. The van der Waals surface area contributed by atoms with Crippen molar-refractivity contribution < 1.29 is 9.53 Å². The Kier molecular flexibility index (Phi) is 4.22. The number of hydrogen-bond acceptors (Lipinski definition) is 3. The van der Waals surface area contributed by atoms with Gasteiger partial charge in [-0.3, -0.25) is 4.79 Å². The molecule has 1 aromatic rings. The van der Waals surface area contributed by atoms with E-state index in [1.807, 2.05) is 18.4 Å². The summed E-state index contributed by atoms with van der Waals surface area (Å²) in [4.78, 5) is 13.0. The Balaban J connectivity index is 2.08. The van der Waals surface area contributed by atoms with E-state index in [2.05, 4.69) is 21.2 Å². The minimum absolute atomic E-state index is 0.0406. The summed E-state index contributed by atoms with van der Waals surface area (Å²) in [5.74, 6) is 0.0406. The van der Waals surface area contributed by atoms with E-state index < -0.39 is 0 Å². The second-order valence-corrected chi connectivity index (χ2v) is 5.89. The smallest absolute Gasteiger partial charge is 0.262 e. The van der Waals surface area contributed by atoms with E-state index in [0.717, 1.165) is 41.8 Å². The van der Waals surface area contributed by atoms with Crippen molar-refractivity contribution in [3.05, 3.63) is 21.9 Å². The zero-order valence-corrected chi connectivity index (χ0v) is 12.2. The molecule has 1 saturated heterocycles. The molecule has 0 aliphatic carbocycles. The predicted octanol–water partition coefficient (Wildman–Crippen LogP) is 2.73. The third-order valence-electron chi connectivity index (χ3n) is 3.15. The maximum Gasteiger partial charge on any atom is 0.262 e. The van der Waals surface area contributed by atoms with Crippen LogP contribution in [0, 0.1) is 6.92 Å². The second-order valence-electron chi connectivity index (χ2n) is 4.41. The van der Waals surface area contributed by atoms with E-state index in [-0.39, 0.29) is 11.4 Å². The van der Waals surface area contributed by atoms with Gasteiger partial charge in [0.15, 0.2) is 0 Å². The number of thiophene rings is 1. The Bertz CT molecular complexity index is 399. The fourth-order valence-corrected chi connectivity index (χ4v) is 3.48. The molecule has 2 rings (SSSR count). The SMILES string of the molecule is Cc1ccsc1C(=O)NC1(CBr)CCOCC1. The van der Waals surface area contributed by atoms with Gasteiger partial charge in [-0.2, -0.15) is 0 Å². The third kappa shape index (κ3) is 2.89. The summed E-state index contributed by atoms with van der Waals surface area (Å²) in [6.07, 6.45) is 1.74. The summed E-state index contributed by atoms with van der Waals surface area (Å²) in [6.45, 7) is 3.40. The Morgan fingerprint density at radius 2 is 2.29 bits per heavy atom. The minimum Gasteiger partial charge on any atom is -0.381 e. The van der Waals surface area contributed by atoms with Crippen molar-refractivity contribution in [1.82, 2.24) is 5.32 Å². The van der Waals surface area contributed by atoms with Gasteiger partial charge in [0.1, 0.15) is 0 Å². The van der Waals surface area contributed by atoms with Crippen molar-refractivity contribution in [3.63, 3.8) is 0 Å². The van der Waals surface area contributed by atoms with Crippen LogP contribution in [0.3, 0.4) is 0 Å². The molecular weight excluding hydrogens is 302 g/mol. The number of carbonyl (C=O) groups excluding carboxylic acids is 1. The Morgan fingerprint density at radius 1 is 1.59 bits per heavy atom. The summed E-state index contributed by atoms with van der Waals surface area (Å²) in [7, 11) is 0. The minimum atomic E-state index is -0.147. The molecule has 0 radical (unpaired) electrons. The average Bonchev–Trinajstić information content (AvgIpc) is 2.77. The van der Waals surface area contributed by atoms with Gasteiger partial charge >= 0.3 is 0 Å². The molecule has 1 fully saturated rings. The average molecular weight is 318 g/mol. The highest BCUT2D eigenvalue weighted by atomic mass is 79.9. The highest BCUT2D eigenvalue weighted by Crippen LogP contribution is 2.25. The standard InChI is InChI=1S/C12H16BrNO2S/c1-9-2-7-17-10(9)11(15)14-12(8-13)3-5-16-6-4-12/h2,7H,3-6,8H2,1H3,(H,14,15). The lowest BCUT2D eigenvalue weighted by Crippen LogP contribution is -2.53. The summed E-state index contributed by atoms with van der Waals surface area (Å²) >= 11 is 5.01. The largest absolute Gasteiger partial charge is 0.381 e. The normalized spacial score (nSPS) is 18.9. The van der Waals surface area contributed by atoms with Gasteiger partial charge < -0.3 is 10.1 Å². The van der Waals surface area contributed by atoms with Crippen molar-refractivity contribution in [2.45, 2.75) is 25.3 Å². The number of nitrogens with one attached hydrogen (secondary N) is 1. The number of rotatable bonds is 3. The van der Waals surface area contributed by atoms with E-state index in [9.17, 15) is 4.79 Å². The lowest BCUT2D eigenvalue weighted by atomic mass is 9.92. The van der Waals surface area contributed by atoms with E-state index in [4.69, 9.17) is 4.74 Å². The molecule has 0 unspecified atom stereocenters. The maximum absolute atomic E-state index is 12.2. The monoisotopic (exact) mass is 317 g/mol. The number of alkyl halides is 1. The second kappa shape index (κ2) is 5.50. The number of hydrogen-bond donors (Lipinski definition) is 1. The van der Waals surface area contributed by atoms with Gasteiger partial charge in [-0.15, -0.1) is 11.3 Å². The van der Waals surface area contributed by atoms with Crippen LogP contribution in [0.2, 0.25) is 0 Å². The first-order valence-electron chi connectivity index (χ1n) is 5.67. The van der Waals surface area contributed by atoms with Gasteiger partial charge in [-0.25, -0.2) is 0 Å². The number of amides is 1. The molecule has 1 aromatic heterocycles. The molecule has 0 aromatic carbocycles. The van der Waals surface area contributed by atoms with Crippen LogP contribution < -0.4 is 5.32 Å². The first kappa shape index (κ1) is 13.1. The lowest BCUT2D eigenvalue weighted by Gasteiger charge is -2.36. The first-order valence-corrected chi connectivity index (χ1v) is 7.67. The van der Waals surface area contributed by atoms with Crippen LogP contribution in [0.4, 0.5) is 0 Å². The fraction of sp³-hybridized carbons (Fsp3) is 0.583. The molecular formula is C12H16BrNO2S. The highest BCUT2D eigenvalue weighted by Gasteiger charge is 2.33. The molecule has 0 bridgehead atoms. The van der Waals surface area contributed by atoms with Gasteiger partial charge in [-0.1, -0.05) is 15.9 Å². The van der Waals surface area contributed by atoms with Gasteiger partial charge in [-0.05, 0) is 36.8 Å². The van der Waals surface area contributed by atoms with E-state index in [0.29, 0.717) is 0 Å². The van der Waals surface area contributed by atoms with E-state index in [1.54, 1.807) is 0 Å². The predicted molar refractivity (Wildman–Crippen MR) is 73.1 cm³/mol. The Morgan fingerprint density at radius 3 is 2.82 bits per heavy atom. The Hall–Kier alpha value is -0.390. The fourth-order valence-electron chi connectivity index (χ4n) is 1.96. The summed E-state index contributed by atoms with van der Waals surface area (Å²) in [5.41, 5.74) is 0.899. The van der Waals surface area contributed by atoms with Crippen LogP contribution in [0.1, 0.15) is 28.1 Å². The van der Waals surface area contributed by atoms with Gasteiger partial charge in [0.2, 0.25) is 0 Å². The maximum atomic E-state index is 12.2. The third-order valence-corrected chi connectivity index (χ3v) is 5.24. The van der Waals surface area contributed by atoms with E-state index in [1.165, 1.54) is 11.3 Å². The molecule has 1 N–H and O–H groups in total. The molecule has 17 heavy (non-hydrogen) atoms. The summed E-state index contributed by atoms with van der Waals surface area (Å²) in [5, 5.41) is 5.90. The van der Waals surface area contributed by atoms with Crippen LogP contribution in [0.25, 0.3) is 0 Å². The molecule has 0 atom stereocenters. The van der Waals surface area contributed by atoms with Crippen LogP contribution in [0.5, 0.6) is 0 Å². The van der Waals surface area contributed by atoms with Gasteiger partial charge in [0.25, 0.3) is 5.91 Å². The van der Waals surface area contributed by atoms with Crippen molar-refractivity contribution in [3.8, 4) is 0 Å². The van der Waals surface area contributed by atoms with E-state index >= 15 is 0 Å². The molecule has 3 nitrogen and oxygen atoms in total. The molecule has 1 aliphatic rings. The number of ether oxygens (including phenoxy) is 1. The molecule has 0 saturated carbocycles. The van der Waals surface area contributed by atoms with Gasteiger partial charge in [0, 0.05) is 18.5 Å². The number of halogens is 1. The van der Waals surface area contributed by atoms with Crippen LogP contribution in [-0.4, -0.2) is 30.0 Å². The van der Waals surface area contributed by atoms with Crippen LogP contribution >= 0.6 is 27.3 Å². The molecule has 2 heterocycles. The molecule has 1 amide bonds. The molecule has 0 spiro atoms. The Labute approximate surface area is 114 Å². The van der Waals surface area contributed by atoms with Gasteiger partial charge in [0.05, 0.1) is 10.4 Å². The number of aryl methyl sites for hydroxylation is 1. The summed E-state index contributed by atoms with van der Waals surface area (Å²) in [6, 6.07) is 1.98. The zero-order valence-electron chi connectivity index (χ0n) is 9.79. The van der Waals surface area contributed by atoms with Crippen molar-refractivity contribution in [2.75, 3.05) is 18.5 Å². The molecule has 5 heteroatoms. The van der Waals surface area contributed by atoms with Crippen LogP contribution in [0.15, 0.2) is 11.4 Å². The van der Waals surface area contributed by atoms with Crippen molar-refractivity contribution in [2.24, 2.45) is 0 Å². The quantitative estimate of drug-likeness (QED) is 0.870. The van der Waals surface area contributed by atoms with Crippen LogP contribution in [-0.2, 0) is 4.74 Å². The van der Waals surface area contributed by atoms with Crippen molar-refractivity contribution in [1.29, 1.82) is 0 Å². The molecule has 94 valence electrons. The highest BCUT2D eigenvalue weighted by molar-refractivity contribution is 9.09.